The van der Waals surface area contributed by atoms with E-state index >= 15 is 0 Å². The SMILES string of the molecule is CCCCCCCCCCCCCCCCC=COC[C@H](COP(=O)(O)OCC[N+](C)(C)C)OO. The fourth-order valence-corrected chi connectivity index (χ4v) is 4.25. The predicted octanol–water partition coefficient (Wildman–Crippen LogP) is 7.09. The van der Waals surface area contributed by atoms with Crippen LogP contribution in [0, 0.1) is 0 Å². The summed E-state index contributed by atoms with van der Waals surface area (Å²) in [5.41, 5.74) is 0. The zero-order chi connectivity index (χ0) is 26.3. The molecule has 9 heteroatoms. The van der Waals surface area contributed by atoms with Crippen LogP contribution in [0.5, 0.6) is 0 Å². The van der Waals surface area contributed by atoms with Gasteiger partial charge in [-0.2, -0.15) is 0 Å². The molecule has 35 heavy (non-hydrogen) atoms. The van der Waals surface area contributed by atoms with Crippen molar-refractivity contribution < 1.29 is 37.9 Å². The summed E-state index contributed by atoms with van der Waals surface area (Å²) in [6.45, 7) is 2.59. The van der Waals surface area contributed by atoms with Gasteiger partial charge in [0, 0.05) is 0 Å². The van der Waals surface area contributed by atoms with Crippen LogP contribution >= 0.6 is 7.82 Å². The number of phosphoric ester groups is 1. The zero-order valence-electron chi connectivity index (χ0n) is 23.0. The van der Waals surface area contributed by atoms with E-state index in [9.17, 15) is 9.46 Å². The molecular weight excluding hydrogens is 469 g/mol. The first-order chi connectivity index (χ1) is 16.7. The smallest absolute Gasteiger partial charge is 0.472 e. The van der Waals surface area contributed by atoms with Gasteiger partial charge in [0.25, 0.3) is 0 Å². The van der Waals surface area contributed by atoms with Crippen molar-refractivity contribution in [3.05, 3.63) is 12.3 Å². The molecule has 8 nitrogen and oxygen atoms in total. The van der Waals surface area contributed by atoms with Gasteiger partial charge < -0.3 is 14.1 Å². The Balaban J connectivity index is 3.58. The molecule has 0 bridgehead atoms. The topological polar surface area (TPSA) is 94.5 Å². The number of rotatable bonds is 26. The summed E-state index contributed by atoms with van der Waals surface area (Å²) in [6.07, 6.45) is 22.4. The van der Waals surface area contributed by atoms with Gasteiger partial charge >= 0.3 is 7.82 Å². The minimum atomic E-state index is -4.20. The standard InChI is InChI=1S/C26H54NO7P/c1-5-6-7-8-9-10-11-12-13-14-15-16-17-18-19-20-22-31-24-26(34-28)25-33-35(29,30)32-23-21-27(2,3)4/h20,22,26H,5-19,21,23-25H2,1-4H3,(H-,28,29,30)/p+1/t26-/m1/s1. The van der Waals surface area contributed by atoms with E-state index in [1.807, 2.05) is 27.2 Å². The van der Waals surface area contributed by atoms with Crippen LogP contribution in [-0.2, 0) is 23.2 Å². The van der Waals surface area contributed by atoms with Gasteiger partial charge in [-0.05, 0) is 18.9 Å². The Morgan fingerprint density at radius 3 is 1.80 bits per heavy atom. The van der Waals surface area contributed by atoms with E-state index in [0.29, 0.717) is 11.0 Å². The molecule has 0 amide bonds. The number of phosphoric acid groups is 1. The summed E-state index contributed by atoms with van der Waals surface area (Å²) in [6, 6.07) is 0. The lowest BCUT2D eigenvalue weighted by Crippen LogP contribution is -2.37. The molecule has 0 aromatic carbocycles. The van der Waals surface area contributed by atoms with E-state index < -0.39 is 13.9 Å². The maximum atomic E-state index is 11.9. The van der Waals surface area contributed by atoms with Crippen LogP contribution in [0.1, 0.15) is 103 Å². The molecular formula is C26H55NO7P+. The second-order valence-corrected chi connectivity index (χ2v) is 11.9. The van der Waals surface area contributed by atoms with Crippen LogP contribution in [0.25, 0.3) is 0 Å². The molecule has 0 heterocycles. The highest BCUT2D eigenvalue weighted by molar-refractivity contribution is 7.47. The summed E-state index contributed by atoms with van der Waals surface area (Å²) in [4.78, 5) is 14.0. The largest absolute Gasteiger partial charge is 0.499 e. The minimum Gasteiger partial charge on any atom is -0.499 e. The lowest BCUT2D eigenvalue weighted by molar-refractivity contribution is -0.870. The molecule has 2 N–H and O–H groups in total. The monoisotopic (exact) mass is 524 g/mol. The van der Waals surface area contributed by atoms with Crippen molar-refractivity contribution in [2.24, 2.45) is 0 Å². The third kappa shape index (κ3) is 26.4. The first-order valence-electron chi connectivity index (χ1n) is 13.7. The van der Waals surface area contributed by atoms with Crippen molar-refractivity contribution in [3.63, 3.8) is 0 Å². The average molecular weight is 525 g/mol. The van der Waals surface area contributed by atoms with Crippen molar-refractivity contribution in [3.8, 4) is 0 Å². The number of hydrogen-bond acceptors (Lipinski definition) is 6. The summed E-state index contributed by atoms with van der Waals surface area (Å²) in [7, 11) is 1.65. The van der Waals surface area contributed by atoms with Gasteiger partial charge in [-0.1, -0.05) is 90.4 Å². The van der Waals surface area contributed by atoms with Crippen molar-refractivity contribution >= 4 is 7.82 Å². The highest BCUT2D eigenvalue weighted by Crippen LogP contribution is 2.43. The van der Waals surface area contributed by atoms with Crippen molar-refractivity contribution in [2.75, 3.05) is 47.5 Å². The number of likely N-dealkylation sites (N-methyl/N-ethyl adjacent to an activating group) is 1. The Labute approximate surface area is 215 Å². The number of hydrogen-bond donors (Lipinski definition) is 2. The van der Waals surface area contributed by atoms with E-state index in [-0.39, 0.29) is 19.8 Å². The van der Waals surface area contributed by atoms with Gasteiger partial charge in [-0.3, -0.25) is 14.3 Å². The van der Waals surface area contributed by atoms with Crippen LogP contribution in [0.3, 0.4) is 0 Å². The maximum absolute atomic E-state index is 11.9. The Hall–Kier alpha value is -0.470. The van der Waals surface area contributed by atoms with Gasteiger partial charge in [-0.25, -0.2) is 9.45 Å². The Morgan fingerprint density at radius 1 is 0.800 bits per heavy atom. The van der Waals surface area contributed by atoms with Gasteiger partial charge in [0.1, 0.15) is 19.8 Å². The van der Waals surface area contributed by atoms with Crippen LogP contribution in [-0.4, -0.2) is 68.2 Å². The van der Waals surface area contributed by atoms with Crippen molar-refractivity contribution in [2.45, 2.75) is 109 Å². The van der Waals surface area contributed by atoms with Gasteiger partial charge in [0.05, 0.1) is 34.0 Å². The van der Waals surface area contributed by atoms with Gasteiger partial charge in [-0.15, -0.1) is 0 Å². The third-order valence-electron chi connectivity index (χ3n) is 5.79. The summed E-state index contributed by atoms with van der Waals surface area (Å²) in [5.74, 6) is 0. The average Bonchev–Trinajstić information content (AvgIpc) is 2.79. The number of quaternary nitrogens is 1. The van der Waals surface area contributed by atoms with Crippen molar-refractivity contribution in [1.29, 1.82) is 0 Å². The second-order valence-electron chi connectivity index (χ2n) is 10.4. The normalized spacial score (nSPS) is 14.9. The van der Waals surface area contributed by atoms with E-state index in [1.165, 1.54) is 83.5 Å². The number of allylic oxidation sites excluding steroid dienone is 1. The van der Waals surface area contributed by atoms with E-state index in [4.69, 9.17) is 19.0 Å². The van der Waals surface area contributed by atoms with Gasteiger partial charge in [0.2, 0.25) is 0 Å². The molecule has 0 aromatic heterocycles. The van der Waals surface area contributed by atoms with E-state index in [2.05, 4.69) is 11.8 Å². The fraction of sp³-hybridized carbons (Fsp3) is 0.923. The number of unbranched alkanes of at least 4 members (excludes halogenated alkanes) is 14. The van der Waals surface area contributed by atoms with Crippen LogP contribution in [0.2, 0.25) is 0 Å². The Kier molecular flexibility index (Phi) is 22.4. The third-order valence-corrected chi connectivity index (χ3v) is 6.77. The lowest BCUT2D eigenvalue weighted by atomic mass is 10.0. The van der Waals surface area contributed by atoms with E-state index in [0.717, 1.165) is 12.8 Å². The molecule has 0 aliphatic carbocycles. The summed E-state index contributed by atoms with van der Waals surface area (Å²) >= 11 is 0. The minimum absolute atomic E-state index is 0.00458. The molecule has 0 saturated carbocycles. The Morgan fingerprint density at radius 2 is 1.31 bits per heavy atom. The molecule has 0 rings (SSSR count). The molecule has 0 saturated heterocycles. The first kappa shape index (κ1) is 34.5. The first-order valence-corrected chi connectivity index (χ1v) is 15.2. The molecule has 2 atom stereocenters. The van der Waals surface area contributed by atoms with Crippen LogP contribution in [0.15, 0.2) is 12.3 Å². The molecule has 0 aliphatic rings. The Bertz CT molecular complexity index is 540. The second kappa shape index (κ2) is 22.7. The number of ether oxygens (including phenoxy) is 1. The molecule has 0 aliphatic heterocycles. The summed E-state index contributed by atoms with van der Waals surface area (Å²) in [5, 5.41) is 8.95. The molecule has 0 spiro atoms. The molecule has 0 aromatic rings. The highest BCUT2D eigenvalue weighted by Gasteiger charge is 2.25. The predicted molar refractivity (Wildman–Crippen MR) is 142 cm³/mol. The maximum Gasteiger partial charge on any atom is 0.472 e. The quantitative estimate of drug-likeness (QED) is 0.0312. The number of nitrogens with zero attached hydrogens (tertiary/aromatic N) is 1. The van der Waals surface area contributed by atoms with Crippen molar-refractivity contribution in [1.82, 2.24) is 0 Å². The molecule has 0 fully saturated rings. The van der Waals surface area contributed by atoms with Gasteiger partial charge in [0.15, 0.2) is 6.10 Å². The zero-order valence-corrected chi connectivity index (χ0v) is 23.9. The van der Waals surface area contributed by atoms with Crippen LogP contribution < -0.4 is 0 Å². The highest BCUT2D eigenvalue weighted by atomic mass is 31.2. The molecule has 210 valence electrons. The summed E-state index contributed by atoms with van der Waals surface area (Å²) < 4.78 is 27.6. The van der Waals surface area contributed by atoms with Crippen LogP contribution in [0.4, 0.5) is 0 Å². The van der Waals surface area contributed by atoms with E-state index in [1.54, 1.807) is 6.26 Å². The lowest BCUT2D eigenvalue weighted by Gasteiger charge is -2.24. The fourth-order valence-electron chi connectivity index (χ4n) is 3.51. The molecule has 1 unspecified atom stereocenters. The molecule has 0 radical (unpaired) electrons.